The number of carboxylic acid groups (broad SMARTS) is 1. The van der Waals surface area contributed by atoms with Crippen LogP contribution in [0.4, 0.5) is 0 Å². The molecule has 180 valence electrons. The van der Waals surface area contributed by atoms with E-state index in [1.807, 2.05) is 0 Å². The maximum atomic E-state index is 11.3. The van der Waals surface area contributed by atoms with E-state index in [0.717, 1.165) is 0 Å². The van der Waals surface area contributed by atoms with Gasteiger partial charge in [0.05, 0.1) is 13.7 Å². The van der Waals surface area contributed by atoms with Crippen LogP contribution in [0.1, 0.15) is 0 Å². The number of carbonyl (C=O) groups is 1. The Morgan fingerprint density at radius 1 is 0.875 bits per heavy atom. The highest BCUT2D eigenvalue weighted by molar-refractivity contribution is 5.73. The minimum atomic E-state index is -1.94. The third-order valence-electron chi connectivity index (χ3n) is 5.24. The van der Waals surface area contributed by atoms with E-state index in [1.54, 1.807) is 12.1 Å². The molecule has 2 aliphatic heterocycles. The largest absolute Gasteiger partial charge is 0.497 e. The fourth-order valence-corrected chi connectivity index (χ4v) is 3.42. The van der Waals surface area contributed by atoms with Gasteiger partial charge in [-0.05, 0) is 24.3 Å². The molecule has 0 spiro atoms. The Labute approximate surface area is 181 Å². The molecule has 0 aromatic heterocycles. The highest BCUT2D eigenvalue weighted by Gasteiger charge is 2.52. The normalized spacial score (nSPS) is 40.0. The Morgan fingerprint density at radius 3 is 2.06 bits per heavy atom. The van der Waals surface area contributed by atoms with Gasteiger partial charge in [0.25, 0.3) is 0 Å². The summed E-state index contributed by atoms with van der Waals surface area (Å²) in [5.41, 5.74) is 0. The number of aliphatic carboxylic acids is 1. The van der Waals surface area contributed by atoms with Gasteiger partial charge in [0, 0.05) is 0 Å². The highest BCUT2D eigenvalue weighted by Crippen LogP contribution is 2.30. The Bertz CT molecular complexity index is 758. The summed E-state index contributed by atoms with van der Waals surface area (Å²) in [6.45, 7) is -0.691. The molecular weight excluding hydrogens is 436 g/mol. The average molecular weight is 462 g/mol. The molecule has 1 aromatic rings. The monoisotopic (exact) mass is 462 g/mol. The van der Waals surface area contributed by atoms with Crippen molar-refractivity contribution in [1.29, 1.82) is 0 Å². The fraction of sp³-hybridized carbons (Fsp3) is 0.632. The number of aliphatic hydroxyl groups excluding tert-OH is 6. The number of rotatable bonds is 7. The van der Waals surface area contributed by atoms with E-state index in [2.05, 4.69) is 0 Å². The first kappa shape index (κ1) is 24.6. The van der Waals surface area contributed by atoms with Gasteiger partial charge in [-0.25, -0.2) is 4.79 Å². The van der Waals surface area contributed by atoms with Gasteiger partial charge in [0.2, 0.25) is 6.29 Å². The SMILES string of the molecule is COc1ccc(O[C@@H]2O[C@H](CO)[C@H](O)[C@H](O[C@@H]3O[C@H](C(=O)O)[C@@H](O)[C@H](O)[C@H]3O)[C@H]2O)cc1. The van der Waals surface area contributed by atoms with Gasteiger partial charge in [-0.1, -0.05) is 0 Å². The number of benzene rings is 1. The van der Waals surface area contributed by atoms with Crippen LogP contribution in [0.2, 0.25) is 0 Å². The van der Waals surface area contributed by atoms with E-state index >= 15 is 0 Å². The molecule has 2 fully saturated rings. The van der Waals surface area contributed by atoms with Crippen molar-refractivity contribution in [1.82, 2.24) is 0 Å². The van der Waals surface area contributed by atoms with Crippen LogP contribution < -0.4 is 9.47 Å². The molecule has 7 N–H and O–H groups in total. The van der Waals surface area contributed by atoms with Crippen molar-refractivity contribution in [2.75, 3.05) is 13.7 Å². The van der Waals surface area contributed by atoms with Crippen LogP contribution in [-0.4, -0.2) is 117 Å². The van der Waals surface area contributed by atoms with Crippen LogP contribution in [0.15, 0.2) is 24.3 Å². The maximum Gasteiger partial charge on any atom is 0.335 e. The topological polar surface area (TPSA) is 205 Å². The molecule has 2 aliphatic rings. The molecule has 0 amide bonds. The van der Waals surface area contributed by atoms with Crippen LogP contribution in [0.5, 0.6) is 11.5 Å². The Morgan fingerprint density at radius 2 is 1.50 bits per heavy atom. The lowest BCUT2D eigenvalue weighted by atomic mass is 9.97. The molecule has 1 aromatic carbocycles. The molecule has 0 unspecified atom stereocenters. The molecule has 13 nitrogen and oxygen atoms in total. The van der Waals surface area contributed by atoms with Crippen molar-refractivity contribution in [3.8, 4) is 11.5 Å². The number of carboxylic acids is 1. The van der Waals surface area contributed by atoms with Gasteiger partial charge in [-0.3, -0.25) is 0 Å². The quantitative estimate of drug-likeness (QED) is 0.213. The maximum absolute atomic E-state index is 11.3. The van der Waals surface area contributed by atoms with Crippen LogP contribution in [-0.2, 0) is 19.0 Å². The first-order chi connectivity index (χ1) is 15.2. The lowest BCUT2D eigenvalue weighted by Gasteiger charge is -2.45. The van der Waals surface area contributed by atoms with Crippen LogP contribution >= 0.6 is 0 Å². The van der Waals surface area contributed by atoms with E-state index in [9.17, 15) is 35.4 Å². The lowest BCUT2D eigenvalue weighted by Crippen LogP contribution is -2.65. The van der Waals surface area contributed by atoms with Crippen molar-refractivity contribution in [2.45, 2.75) is 61.4 Å². The van der Waals surface area contributed by atoms with Gasteiger partial charge < -0.3 is 59.4 Å². The van der Waals surface area contributed by atoms with E-state index in [0.29, 0.717) is 5.75 Å². The van der Waals surface area contributed by atoms with E-state index < -0.39 is 74.0 Å². The summed E-state index contributed by atoms with van der Waals surface area (Å²) in [4.78, 5) is 11.3. The Balaban J connectivity index is 1.77. The predicted molar refractivity (Wildman–Crippen MR) is 101 cm³/mol. The predicted octanol–water partition coefficient (Wildman–Crippen LogP) is -3.21. The smallest absolute Gasteiger partial charge is 0.335 e. The second-order valence-electron chi connectivity index (χ2n) is 7.34. The van der Waals surface area contributed by atoms with Crippen molar-refractivity contribution in [2.24, 2.45) is 0 Å². The zero-order valence-corrected chi connectivity index (χ0v) is 16.9. The Hall–Kier alpha value is -2.07. The fourth-order valence-electron chi connectivity index (χ4n) is 3.42. The van der Waals surface area contributed by atoms with Crippen LogP contribution in [0.3, 0.4) is 0 Å². The third kappa shape index (κ3) is 4.96. The summed E-state index contributed by atoms with van der Waals surface area (Å²) in [5.74, 6) is -0.830. The van der Waals surface area contributed by atoms with Gasteiger partial charge in [0.1, 0.15) is 54.2 Å². The zero-order chi connectivity index (χ0) is 23.6. The zero-order valence-electron chi connectivity index (χ0n) is 16.9. The minimum absolute atomic E-state index is 0.250. The van der Waals surface area contributed by atoms with Crippen LogP contribution in [0.25, 0.3) is 0 Å². The molecular formula is C19H26O13. The van der Waals surface area contributed by atoms with Crippen molar-refractivity contribution in [3.05, 3.63) is 24.3 Å². The summed E-state index contributed by atoms with van der Waals surface area (Å²) in [6.07, 6.45) is -17.2. The lowest BCUT2D eigenvalue weighted by molar-refractivity contribution is -0.348. The van der Waals surface area contributed by atoms with Crippen molar-refractivity contribution < 1.29 is 64.2 Å². The summed E-state index contributed by atoms with van der Waals surface area (Å²) in [6, 6.07) is 6.21. The molecule has 0 saturated carbocycles. The first-order valence-electron chi connectivity index (χ1n) is 9.69. The number of hydrogen-bond donors (Lipinski definition) is 7. The number of methoxy groups -OCH3 is 1. The summed E-state index contributed by atoms with van der Waals surface area (Å²) in [7, 11) is 1.48. The second kappa shape index (κ2) is 10.2. The summed E-state index contributed by atoms with van der Waals surface area (Å²) in [5, 5.41) is 69.7. The standard InChI is InChI=1S/C19H26O13/c1-28-7-2-4-8(5-3-7)29-19-14(25)15(10(21)9(6-20)30-19)31-18-13(24)11(22)12(23)16(32-18)17(26)27/h2-5,9-16,18-25H,6H2,1H3,(H,26,27)/t9-,10+,11+,12+,13-,14-,15+,16+,18-,19-/m1/s1. The van der Waals surface area contributed by atoms with Crippen LogP contribution in [0, 0.1) is 0 Å². The molecule has 0 radical (unpaired) electrons. The second-order valence-corrected chi connectivity index (χ2v) is 7.34. The molecule has 10 atom stereocenters. The van der Waals surface area contributed by atoms with Gasteiger partial charge >= 0.3 is 5.97 Å². The molecule has 2 heterocycles. The third-order valence-corrected chi connectivity index (χ3v) is 5.24. The van der Waals surface area contributed by atoms with E-state index in [-0.39, 0.29) is 5.75 Å². The molecule has 0 aliphatic carbocycles. The van der Waals surface area contributed by atoms with Crippen molar-refractivity contribution in [3.63, 3.8) is 0 Å². The van der Waals surface area contributed by atoms with E-state index in [1.165, 1.54) is 19.2 Å². The number of aliphatic hydroxyl groups is 6. The van der Waals surface area contributed by atoms with Gasteiger partial charge in [-0.15, -0.1) is 0 Å². The molecule has 3 rings (SSSR count). The Kier molecular flexibility index (Phi) is 7.87. The molecule has 32 heavy (non-hydrogen) atoms. The van der Waals surface area contributed by atoms with Crippen molar-refractivity contribution >= 4 is 5.97 Å². The average Bonchev–Trinajstić information content (AvgIpc) is 2.78. The van der Waals surface area contributed by atoms with Gasteiger partial charge in [0.15, 0.2) is 12.4 Å². The summed E-state index contributed by atoms with van der Waals surface area (Å²) >= 11 is 0. The van der Waals surface area contributed by atoms with E-state index in [4.69, 9.17) is 28.8 Å². The number of ether oxygens (including phenoxy) is 5. The number of hydrogen-bond acceptors (Lipinski definition) is 12. The van der Waals surface area contributed by atoms with Gasteiger partial charge in [-0.2, -0.15) is 0 Å². The first-order valence-corrected chi connectivity index (χ1v) is 9.69. The minimum Gasteiger partial charge on any atom is -0.497 e. The molecule has 13 heteroatoms. The molecule has 2 saturated heterocycles. The summed E-state index contributed by atoms with van der Waals surface area (Å²) < 4.78 is 26.4. The molecule has 0 bridgehead atoms. The highest BCUT2D eigenvalue weighted by atomic mass is 16.7.